The molecule has 27 heavy (non-hydrogen) atoms. The third-order valence-corrected chi connectivity index (χ3v) is 5.36. The number of halogens is 3. The van der Waals surface area contributed by atoms with Gasteiger partial charge in [-0.3, -0.25) is 4.79 Å². The number of pyridine rings is 1. The van der Waals surface area contributed by atoms with Crippen LogP contribution in [-0.4, -0.2) is 34.4 Å². The number of aromatic nitrogens is 2. The first-order chi connectivity index (χ1) is 12.9. The minimum atomic E-state index is -4.42. The fourth-order valence-corrected chi connectivity index (χ4v) is 3.95. The van der Waals surface area contributed by atoms with E-state index in [1.807, 2.05) is 24.3 Å². The van der Waals surface area contributed by atoms with Crippen molar-refractivity contribution in [2.24, 2.45) is 0 Å². The molecule has 1 N–H and O–H groups in total. The van der Waals surface area contributed by atoms with Crippen molar-refractivity contribution in [3.63, 3.8) is 0 Å². The Bertz CT molecular complexity index is 881. The van der Waals surface area contributed by atoms with E-state index in [0.29, 0.717) is 11.4 Å². The second-order valence-electron chi connectivity index (χ2n) is 5.41. The number of carbonyl (C=O) groups excluding carboxylic acids is 1. The first kappa shape index (κ1) is 19.4. The minimum absolute atomic E-state index is 0.157. The van der Waals surface area contributed by atoms with Crippen LogP contribution in [0.25, 0.3) is 10.2 Å². The van der Waals surface area contributed by atoms with Crippen LogP contribution in [-0.2, 0) is 10.5 Å². The molecular weight excluding hydrogens is 399 g/mol. The predicted molar refractivity (Wildman–Crippen MR) is 100 cm³/mol. The number of hydrogen-bond acceptors (Lipinski definition) is 6. The summed E-state index contributed by atoms with van der Waals surface area (Å²) >= 11 is 3.02. The standard InChI is InChI=1S/C17H14F3N3O2S2/c18-17(19,20)10-25-15-6-5-11(7-21-15)22-14(24)8-26-9-16-23-12-3-1-2-4-13(12)27-16/h1-7H,8-10H2,(H,22,24). The van der Waals surface area contributed by atoms with E-state index >= 15 is 0 Å². The molecule has 0 saturated heterocycles. The molecular formula is C17H14F3N3O2S2. The number of alkyl halides is 3. The largest absolute Gasteiger partial charge is 0.468 e. The quantitative estimate of drug-likeness (QED) is 0.618. The van der Waals surface area contributed by atoms with Gasteiger partial charge < -0.3 is 10.1 Å². The van der Waals surface area contributed by atoms with Gasteiger partial charge in [-0.1, -0.05) is 12.1 Å². The molecule has 0 bridgehead atoms. The van der Waals surface area contributed by atoms with E-state index in [0.717, 1.165) is 15.2 Å². The average molecular weight is 413 g/mol. The van der Waals surface area contributed by atoms with Crippen LogP contribution < -0.4 is 10.1 Å². The number of hydrogen-bond donors (Lipinski definition) is 1. The lowest BCUT2D eigenvalue weighted by Crippen LogP contribution is -2.19. The van der Waals surface area contributed by atoms with E-state index in [1.165, 1.54) is 30.1 Å². The number of thiazole rings is 1. The molecule has 0 atom stereocenters. The first-order valence-electron chi connectivity index (χ1n) is 7.77. The number of nitrogens with zero attached hydrogens (tertiary/aromatic N) is 2. The molecule has 1 aromatic carbocycles. The maximum Gasteiger partial charge on any atom is 0.422 e. The molecule has 2 heterocycles. The number of carbonyl (C=O) groups is 1. The number of thioether (sulfide) groups is 1. The van der Waals surface area contributed by atoms with Gasteiger partial charge in [0.2, 0.25) is 11.8 Å². The predicted octanol–water partition coefficient (Wildman–Crippen LogP) is 4.50. The van der Waals surface area contributed by atoms with Crippen molar-refractivity contribution in [3.05, 3.63) is 47.6 Å². The van der Waals surface area contributed by atoms with Gasteiger partial charge in [-0.15, -0.1) is 23.1 Å². The van der Waals surface area contributed by atoms with Crippen molar-refractivity contribution in [3.8, 4) is 5.88 Å². The molecule has 0 radical (unpaired) electrons. The molecule has 0 aliphatic rings. The number of benzene rings is 1. The highest BCUT2D eigenvalue weighted by Gasteiger charge is 2.28. The van der Waals surface area contributed by atoms with Gasteiger partial charge in [0.25, 0.3) is 0 Å². The lowest BCUT2D eigenvalue weighted by Gasteiger charge is -2.09. The van der Waals surface area contributed by atoms with Crippen LogP contribution in [0, 0.1) is 0 Å². The van der Waals surface area contributed by atoms with E-state index in [1.54, 1.807) is 11.3 Å². The normalized spacial score (nSPS) is 11.5. The molecule has 0 unspecified atom stereocenters. The van der Waals surface area contributed by atoms with Crippen LogP contribution in [0.2, 0.25) is 0 Å². The van der Waals surface area contributed by atoms with Gasteiger partial charge in [-0.05, 0) is 18.2 Å². The summed E-state index contributed by atoms with van der Waals surface area (Å²) < 4.78 is 41.9. The summed E-state index contributed by atoms with van der Waals surface area (Å²) in [7, 11) is 0. The van der Waals surface area contributed by atoms with Gasteiger partial charge >= 0.3 is 6.18 Å². The Hall–Kier alpha value is -2.33. The Labute approximate surface area is 161 Å². The molecule has 3 rings (SSSR count). The summed E-state index contributed by atoms with van der Waals surface area (Å²) in [6.07, 6.45) is -3.17. The van der Waals surface area contributed by atoms with E-state index < -0.39 is 12.8 Å². The fraction of sp³-hybridized carbons (Fsp3) is 0.235. The zero-order chi connectivity index (χ0) is 19.3. The van der Waals surface area contributed by atoms with E-state index in [-0.39, 0.29) is 17.5 Å². The number of fused-ring (bicyclic) bond motifs is 1. The summed E-state index contributed by atoms with van der Waals surface area (Å²) in [5.41, 5.74) is 1.33. The summed E-state index contributed by atoms with van der Waals surface area (Å²) in [6.45, 7) is -1.41. The minimum Gasteiger partial charge on any atom is -0.468 e. The molecule has 0 fully saturated rings. The lowest BCUT2D eigenvalue weighted by atomic mass is 10.3. The Morgan fingerprint density at radius 1 is 1.22 bits per heavy atom. The van der Waals surface area contributed by atoms with Gasteiger partial charge in [0.15, 0.2) is 6.61 Å². The molecule has 10 heteroatoms. The maximum absolute atomic E-state index is 12.1. The lowest BCUT2D eigenvalue weighted by molar-refractivity contribution is -0.154. The van der Waals surface area contributed by atoms with Gasteiger partial charge in [-0.25, -0.2) is 9.97 Å². The topological polar surface area (TPSA) is 64.1 Å². The van der Waals surface area contributed by atoms with Crippen LogP contribution in [0.4, 0.5) is 18.9 Å². The van der Waals surface area contributed by atoms with Crippen LogP contribution >= 0.6 is 23.1 Å². The van der Waals surface area contributed by atoms with E-state index in [2.05, 4.69) is 20.0 Å². The monoisotopic (exact) mass is 413 g/mol. The van der Waals surface area contributed by atoms with E-state index in [9.17, 15) is 18.0 Å². The highest BCUT2D eigenvalue weighted by atomic mass is 32.2. The molecule has 0 saturated carbocycles. The van der Waals surface area contributed by atoms with Crippen molar-refractivity contribution >= 4 is 44.9 Å². The third kappa shape index (κ3) is 6.10. The van der Waals surface area contributed by atoms with Gasteiger partial charge in [-0.2, -0.15) is 13.2 Å². The highest BCUT2D eigenvalue weighted by molar-refractivity contribution is 7.99. The Morgan fingerprint density at radius 2 is 2.04 bits per heavy atom. The molecule has 0 aliphatic heterocycles. The summed E-state index contributed by atoms with van der Waals surface area (Å²) in [5, 5.41) is 3.58. The first-order valence-corrected chi connectivity index (χ1v) is 9.74. The number of nitrogens with one attached hydrogen (secondary N) is 1. The molecule has 142 valence electrons. The van der Waals surface area contributed by atoms with Crippen molar-refractivity contribution in [2.75, 3.05) is 17.7 Å². The molecule has 3 aromatic rings. The number of rotatable bonds is 7. The zero-order valence-corrected chi connectivity index (χ0v) is 15.5. The van der Waals surface area contributed by atoms with Crippen molar-refractivity contribution in [2.45, 2.75) is 11.9 Å². The number of para-hydroxylation sites is 1. The summed E-state index contributed by atoms with van der Waals surface area (Å²) in [4.78, 5) is 20.2. The van der Waals surface area contributed by atoms with Crippen molar-refractivity contribution in [1.29, 1.82) is 0 Å². The number of amides is 1. The third-order valence-electron chi connectivity index (χ3n) is 3.20. The fourth-order valence-electron chi connectivity index (χ4n) is 2.11. The SMILES string of the molecule is O=C(CSCc1nc2ccccc2s1)Nc1ccc(OCC(F)(F)F)nc1. The van der Waals surface area contributed by atoms with Crippen LogP contribution in [0.5, 0.6) is 5.88 Å². The maximum atomic E-state index is 12.1. The highest BCUT2D eigenvalue weighted by Crippen LogP contribution is 2.25. The van der Waals surface area contributed by atoms with Gasteiger partial charge in [0.05, 0.1) is 27.9 Å². The van der Waals surface area contributed by atoms with Crippen LogP contribution in [0.3, 0.4) is 0 Å². The average Bonchev–Trinajstić information content (AvgIpc) is 3.03. The Morgan fingerprint density at radius 3 is 2.74 bits per heavy atom. The Kier molecular flexibility index (Phi) is 6.17. The summed E-state index contributed by atoms with van der Waals surface area (Å²) in [6, 6.07) is 10.5. The molecule has 1 amide bonds. The second kappa shape index (κ2) is 8.57. The van der Waals surface area contributed by atoms with E-state index in [4.69, 9.17) is 0 Å². The second-order valence-corrected chi connectivity index (χ2v) is 7.51. The van der Waals surface area contributed by atoms with Crippen molar-refractivity contribution in [1.82, 2.24) is 9.97 Å². The zero-order valence-electron chi connectivity index (χ0n) is 13.8. The summed E-state index contributed by atoms with van der Waals surface area (Å²) in [5.74, 6) is 0.458. The molecule has 5 nitrogen and oxygen atoms in total. The smallest absolute Gasteiger partial charge is 0.422 e. The van der Waals surface area contributed by atoms with Crippen LogP contribution in [0.15, 0.2) is 42.6 Å². The number of anilines is 1. The van der Waals surface area contributed by atoms with Crippen LogP contribution in [0.1, 0.15) is 5.01 Å². The molecule has 2 aromatic heterocycles. The van der Waals surface area contributed by atoms with Gasteiger partial charge in [0.1, 0.15) is 5.01 Å². The molecule has 0 aliphatic carbocycles. The Balaban J connectivity index is 1.43. The number of ether oxygens (including phenoxy) is 1. The van der Waals surface area contributed by atoms with Gasteiger partial charge in [0, 0.05) is 11.8 Å². The molecule has 0 spiro atoms. The van der Waals surface area contributed by atoms with Crippen molar-refractivity contribution < 1.29 is 22.7 Å².